The zero-order chi connectivity index (χ0) is 16.2. The van der Waals surface area contributed by atoms with Crippen LogP contribution in [0.25, 0.3) is 11.5 Å². The highest BCUT2D eigenvalue weighted by molar-refractivity contribution is 5.95. The van der Waals surface area contributed by atoms with Crippen molar-refractivity contribution in [2.24, 2.45) is 5.73 Å². The predicted octanol–water partition coefficient (Wildman–Crippen LogP) is 2.72. The molecule has 3 aromatic rings. The van der Waals surface area contributed by atoms with Crippen molar-refractivity contribution < 1.29 is 13.9 Å². The quantitative estimate of drug-likeness (QED) is 0.782. The summed E-state index contributed by atoms with van der Waals surface area (Å²) in [6, 6.07) is 14.6. The van der Waals surface area contributed by atoms with Gasteiger partial charge < -0.3 is 14.9 Å². The average Bonchev–Trinajstić information content (AvgIpc) is 3.02. The number of nitrogens with zero attached hydrogens (tertiary/aromatic N) is 2. The molecular formula is C17H15N3O3. The highest BCUT2D eigenvalue weighted by Gasteiger charge is 2.12. The molecule has 1 aromatic heterocycles. The van der Waals surface area contributed by atoms with Gasteiger partial charge in [-0.1, -0.05) is 24.3 Å². The summed E-state index contributed by atoms with van der Waals surface area (Å²) >= 11 is 0. The zero-order valence-electron chi connectivity index (χ0n) is 12.5. The number of aromatic nitrogens is 2. The number of benzene rings is 2. The molecule has 0 saturated carbocycles. The monoisotopic (exact) mass is 309 g/mol. The molecular weight excluding hydrogens is 294 g/mol. The van der Waals surface area contributed by atoms with E-state index < -0.39 is 5.91 Å². The minimum atomic E-state index is -0.546. The molecule has 6 nitrogen and oxygen atoms in total. The van der Waals surface area contributed by atoms with Gasteiger partial charge in [-0.2, -0.15) is 0 Å². The molecule has 0 aliphatic heterocycles. The summed E-state index contributed by atoms with van der Waals surface area (Å²) in [4.78, 5) is 11.4. The van der Waals surface area contributed by atoms with Crippen molar-refractivity contribution in [1.29, 1.82) is 0 Å². The number of aryl methyl sites for hydroxylation is 1. The van der Waals surface area contributed by atoms with Gasteiger partial charge in [0.05, 0.1) is 5.56 Å². The number of carbonyl (C=O) groups is 1. The van der Waals surface area contributed by atoms with Crippen molar-refractivity contribution in [2.75, 3.05) is 0 Å². The molecule has 0 radical (unpaired) electrons. The van der Waals surface area contributed by atoms with E-state index in [1.807, 2.05) is 37.3 Å². The van der Waals surface area contributed by atoms with Crippen molar-refractivity contribution in [2.45, 2.75) is 13.5 Å². The van der Waals surface area contributed by atoms with Crippen LogP contribution in [0.3, 0.4) is 0 Å². The lowest BCUT2D eigenvalue weighted by Gasteiger charge is -2.08. The van der Waals surface area contributed by atoms with E-state index in [0.29, 0.717) is 23.1 Å². The minimum absolute atomic E-state index is 0.0591. The zero-order valence-corrected chi connectivity index (χ0v) is 12.5. The Labute approximate surface area is 132 Å². The second-order valence-electron chi connectivity index (χ2n) is 5.02. The van der Waals surface area contributed by atoms with E-state index in [2.05, 4.69) is 10.2 Å². The van der Waals surface area contributed by atoms with Crippen molar-refractivity contribution in [3.05, 3.63) is 65.5 Å². The number of hydrogen-bond donors (Lipinski definition) is 1. The highest BCUT2D eigenvalue weighted by atomic mass is 16.5. The number of rotatable bonds is 5. The maximum atomic E-state index is 11.4. The summed E-state index contributed by atoms with van der Waals surface area (Å²) in [6.45, 7) is 1.96. The fraction of sp³-hybridized carbons (Fsp3) is 0.118. The van der Waals surface area contributed by atoms with Crippen LogP contribution in [0.2, 0.25) is 0 Å². The number of amides is 1. The molecule has 0 fully saturated rings. The maximum absolute atomic E-state index is 11.4. The maximum Gasteiger partial charge on any atom is 0.254 e. The van der Waals surface area contributed by atoms with Crippen LogP contribution in [0, 0.1) is 6.92 Å². The van der Waals surface area contributed by atoms with E-state index in [4.69, 9.17) is 14.9 Å². The lowest BCUT2D eigenvalue weighted by Crippen LogP contribution is -2.13. The standard InChI is InChI=1S/C17H15N3O3/c1-11-7-8-13(16(18)21)14(9-11)22-10-15-19-20-17(23-15)12-5-3-2-4-6-12/h2-9H,10H2,1H3,(H2,18,21). The fourth-order valence-electron chi connectivity index (χ4n) is 2.10. The van der Waals surface area contributed by atoms with E-state index in [9.17, 15) is 4.79 Å². The van der Waals surface area contributed by atoms with Gasteiger partial charge >= 0.3 is 0 Å². The Hall–Kier alpha value is -3.15. The largest absolute Gasteiger partial charge is 0.483 e. The number of carbonyl (C=O) groups excluding carboxylic acids is 1. The van der Waals surface area contributed by atoms with Gasteiger partial charge in [-0.05, 0) is 36.8 Å². The summed E-state index contributed by atoms with van der Waals surface area (Å²) in [5, 5.41) is 7.93. The molecule has 0 saturated heterocycles. The van der Waals surface area contributed by atoms with Crippen LogP contribution < -0.4 is 10.5 Å². The first kappa shape index (κ1) is 14.8. The van der Waals surface area contributed by atoms with Crippen LogP contribution >= 0.6 is 0 Å². The van der Waals surface area contributed by atoms with E-state index in [-0.39, 0.29) is 6.61 Å². The number of nitrogens with two attached hydrogens (primary N) is 1. The number of hydrogen-bond acceptors (Lipinski definition) is 5. The van der Waals surface area contributed by atoms with Gasteiger partial charge in [-0.15, -0.1) is 10.2 Å². The normalized spacial score (nSPS) is 10.5. The Kier molecular flexibility index (Phi) is 4.05. The summed E-state index contributed by atoms with van der Waals surface area (Å²) in [5.74, 6) is 0.594. The molecule has 6 heteroatoms. The number of primary amides is 1. The molecule has 0 spiro atoms. The Morgan fingerprint density at radius 2 is 1.96 bits per heavy atom. The SMILES string of the molecule is Cc1ccc(C(N)=O)c(OCc2nnc(-c3ccccc3)o2)c1. The van der Waals surface area contributed by atoms with E-state index in [1.165, 1.54) is 0 Å². The summed E-state index contributed by atoms with van der Waals surface area (Å²) < 4.78 is 11.2. The second-order valence-corrected chi connectivity index (χ2v) is 5.02. The van der Waals surface area contributed by atoms with Crippen LogP contribution in [0.1, 0.15) is 21.8 Å². The Bertz CT molecular complexity index is 828. The Morgan fingerprint density at radius 1 is 1.17 bits per heavy atom. The Balaban J connectivity index is 1.76. The molecule has 2 aromatic carbocycles. The fourth-order valence-corrected chi connectivity index (χ4v) is 2.10. The first-order valence-electron chi connectivity index (χ1n) is 7.04. The van der Waals surface area contributed by atoms with Gasteiger partial charge in [0, 0.05) is 5.56 Å². The van der Waals surface area contributed by atoms with Gasteiger partial charge in [-0.25, -0.2) is 0 Å². The van der Waals surface area contributed by atoms with Crippen molar-refractivity contribution in [3.8, 4) is 17.2 Å². The molecule has 1 amide bonds. The van der Waals surface area contributed by atoms with E-state index in [1.54, 1.807) is 18.2 Å². The van der Waals surface area contributed by atoms with Crippen LogP contribution in [-0.2, 0) is 6.61 Å². The van der Waals surface area contributed by atoms with Gasteiger partial charge in [0.15, 0.2) is 6.61 Å². The van der Waals surface area contributed by atoms with Crippen LogP contribution in [0.15, 0.2) is 52.9 Å². The van der Waals surface area contributed by atoms with Crippen LogP contribution in [0.5, 0.6) is 5.75 Å². The van der Waals surface area contributed by atoms with Crippen LogP contribution in [-0.4, -0.2) is 16.1 Å². The average molecular weight is 309 g/mol. The smallest absolute Gasteiger partial charge is 0.254 e. The molecule has 0 bridgehead atoms. The predicted molar refractivity (Wildman–Crippen MR) is 83.8 cm³/mol. The molecule has 0 atom stereocenters. The van der Waals surface area contributed by atoms with Gasteiger partial charge in [0.1, 0.15) is 5.75 Å². The summed E-state index contributed by atoms with van der Waals surface area (Å²) in [7, 11) is 0. The molecule has 2 N–H and O–H groups in total. The minimum Gasteiger partial charge on any atom is -0.483 e. The van der Waals surface area contributed by atoms with Crippen molar-refractivity contribution in [1.82, 2.24) is 10.2 Å². The topological polar surface area (TPSA) is 91.2 Å². The third-order valence-corrected chi connectivity index (χ3v) is 3.24. The first-order chi connectivity index (χ1) is 11.1. The molecule has 23 heavy (non-hydrogen) atoms. The second kappa shape index (κ2) is 6.31. The molecule has 0 aliphatic carbocycles. The van der Waals surface area contributed by atoms with Gasteiger partial charge in [-0.3, -0.25) is 4.79 Å². The molecule has 1 heterocycles. The molecule has 116 valence electrons. The van der Waals surface area contributed by atoms with Gasteiger partial charge in [0.25, 0.3) is 11.8 Å². The molecule has 0 unspecified atom stereocenters. The highest BCUT2D eigenvalue weighted by Crippen LogP contribution is 2.22. The Morgan fingerprint density at radius 3 is 2.70 bits per heavy atom. The van der Waals surface area contributed by atoms with Crippen LogP contribution in [0.4, 0.5) is 0 Å². The van der Waals surface area contributed by atoms with E-state index in [0.717, 1.165) is 11.1 Å². The summed E-state index contributed by atoms with van der Waals surface area (Å²) in [5.41, 5.74) is 7.45. The summed E-state index contributed by atoms with van der Waals surface area (Å²) in [6.07, 6.45) is 0. The van der Waals surface area contributed by atoms with Crippen molar-refractivity contribution >= 4 is 5.91 Å². The van der Waals surface area contributed by atoms with Gasteiger partial charge in [0.2, 0.25) is 5.89 Å². The number of ether oxygens (including phenoxy) is 1. The lowest BCUT2D eigenvalue weighted by atomic mass is 10.1. The lowest BCUT2D eigenvalue weighted by molar-refractivity contribution is 0.0995. The molecule has 0 aliphatic rings. The van der Waals surface area contributed by atoms with E-state index >= 15 is 0 Å². The third-order valence-electron chi connectivity index (χ3n) is 3.24. The van der Waals surface area contributed by atoms with Crippen molar-refractivity contribution in [3.63, 3.8) is 0 Å². The molecule has 3 rings (SSSR count). The first-order valence-corrected chi connectivity index (χ1v) is 7.04. The third kappa shape index (κ3) is 3.37.